The number of methoxy groups -OCH3 is 1. The van der Waals surface area contributed by atoms with Crippen LogP contribution in [0.3, 0.4) is 0 Å². The van der Waals surface area contributed by atoms with Crippen molar-refractivity contribution < 1.29 is 28.7 Å². The first kappa shape index (κ1) is 32.9. The molecular weight excluding hydrogens is 524 g/mol. The van der Waals surface area contributed by atoms with Crippen molar-refractivity contribution in [1.29, 1.82) is 0 Å². The fourth-order valence-corrected chi connectivity index (χ4v) is 4.15. The van der Waals surface area contributed by atoms with Crippen LogP contribution in [0.2, 0.25) is 0 Å². The van der Waals surface area contributed by atoms with E-state index in [1.165, 1.54) is 4.90 Å². The van der Waals surface area contributed by atoms with E-state index in [-0.39, 0.29) is 12.8 Å². The topological polar surface area (TPSA) is 140 Å². The third-order valence-electron chi connectivity index (χ3n) is 6.33. The SMILES string of the molecule is C=Cc1cccc(C(C(=O)Nc2ccc(OC)cc2)N(C(=O)C(CCC(N)=O)NC(=O)OC(C)(C)C)C(C)CC)c1. The summed E-state index contributed by atoms with van der Waals surface area (Å²) in [7, 11) is 1.55. The summed E-state index contributed by atoms with van der Waals surface area (Å²) in [6.45, 7) is 12.6. The Labute approximate surface area is 242 Å². The second-order valence-corrected chi connectivity index (χ2v) is 10.7. The Morgan fingerprint density at radius 1 is 1.10 bits per heavy atom. The molecule has 0 heterocycles. The minimum absolute atomic E-state index is 0.0696. The molecule has 0 aliphatic carbocycles. The number of primary amides is 1. The van der Waals surface area contributed by atoms with Crippen molar-refractivity contribution in [2.75, 3.05) is 12.4 Å². The lowest BCUT2D eigenvalue weighted by Crippen LogP contribution is -2.55. The minimum Gasteiger partial charge on any atom is -0.497 e. The zero-order valence-corrected chi connectivity index (χ0v) is 24.7. The Hall–Kier alpha value is -4.34. The summed E-state index contributed by atoms with van der Waals surface area (Å²) in [5.74, 6) is -1.02. The molecule has 222 valence electrons. The highest BCUT2D eigenvalue weighted by Crippen LogP contribution is 2.29. The van der Waals surface area contributed by atoms with Crippen LogP contribution in [0.15, 0.2) is 55.1 Å². The van der Waals surface area contributed by atoms with Crippen molar-refractivity contribution in [3.05, 3.63) is 66.2 Å². The Bertz CT molecular complexity index is 1220. The molecule has 0 spiro atoms. The van der Waals surface area contributed by atoms with Crippen molar-refractivity contribution >= 4 is 35.6 Å². The van der Waals surface area contributed by atoms with Gasteiger partial charge in [-0.1, -0.05) is 37.8 Å². The number of amides is 4. The van der Waals surface area contributed by atoms with E-state index in [1.54, 1.807) is 76.4 Å². The summed E-state index contributed by atoms with van der Waals surface area (Å²) >= 11 is 0. The first-order chi connectivity index (χ1) is 19.3. The Morgan fingerprint density at radius 2 is 1.76 bits per heavy atom. The molecule has 0 saturated heterocycles. The van der Waals surface area contributed by atoms with Crippen molar-refractivity contribution in [3.8, 4) is 5.75 Å². The molecule has 0 aromatic heterocycles. The van der Waals surface area contributed by atoms with Gasteiger partial charge in [0.05, 0.1) is 7.11 Å². The van der Waals surface area contributed by atoms with E-state index in [0.29, 0.717) is 23.4 Å². The van der Waals surface area contributed by atoms with Crippen LogP contribution in [0, 0.1) is 0 Å². The predicted octanol–water partition coefficient (Wildman–Crippen LogP) is 4.80. The molecule has 0 radical (unpaired) electrons. The van der Waals surface area contributed by atoms with Gasteiger partial charge in [0.15, 0.2) is 0 Å². The predicted molar refractivity (Wildman–Crippen MR) is 159 cm³/mol. The summed E-state index contributed by atoms with van der Waals surface area (Å²) in [5, 5.41) is 5.50. The molecule has 0 aliphatic rings. The maximum Gasteiger partial charge on any atom is 0.408 e. The van der Waals surface area contributed by atoms with Gasteiger partial charge in [-0.05, 0) is 82.0 Å². The molecule has 3 atom stereocenters. The van der Waals surface area contributed by atoms with Gasteiger partial charge in [0.1, 0.15) is 23.4 Å². The lowest BCUT2D eigenvalue weighted by molar-refractivity contribution is -0.143. The summed E-state index contributed by atoms with van der Waals surface area (Å²) < 4.78 is 10.6. The van der Waals surface area contributed by atoms with E-state index in [4.69, 9.17) is 15.2 Å². The van der Waals surface area contributed by atoms with E-state index < -0.39 is 47.5 Å². The molecule has 4 N–H and O–H groups in total. The van der Waals surface area contributed by atoms with Crippen LogP contribution in [0.1, 0.15) is 71.0 Å². The largest absolute Gasteiger partial charge is 0.497 e. The van der Waals surface area contributed by atoms with Gasteiger partial charge in [0, 0.05) is 18.2 Å². The second-order valence-electron chi connectivity index (χ2n) is 10.7. The highest BCUT2D eigenvalue weighted by molar-refractivity contribution is 5.99. The fourth-order valence-electron chi connectivity index (χ4n) is 4.15. The molecule has 0 aliphatic heterocycles. The zero-order valence-electron chi connectivity index (χ0n) is 24.7. The number of benzene rings is 2. The molecule has 3 unspecified atom stereocenters. The average Bonchev–Trinajstić information content (AvgIpc) is 2.92. The maximum atomic E-state index is 14.3. The number of carbonyl (C=O) groups is 4. The molecule has 2 aromatic rings. The highest BCUT2D eigenvalue weighted by atomic mass is 16.6. The van der Waals surface area contributed by atoms with Gasteiger partial charge in [0.2, 0.25) is 11.8 Å². The van der Waals surface area contributed by atoms with Gasteiger partial charge >= 0.3 is 6.09 Å². The van der Waals surface area contributed by atoms with Gasteiger partial charge in [-0.25, -0.2) is 4.79 Å². The monoisotopic (exact) mass is 566 g/mol. The number of carbonyl (C=O) groups excluding carboxylic acids is 4. The maximum absolute atomic E-state index is 14.3. The average molecular weight is 567 g/mol. The van der Waals surface area contributed by atoms with E-state index in [2.05, 4.69) is 17.2 Å². The normalized spacial score (nSPS) is 13.2. The number of hydrogen-bond donors (Lipinski definition) is 3. The van der Waals surface area contributed by atoms with E-state index in [9.17, 15) is 19.2 Å². The number of nitrogens with two attached hydrogens (primary N) is 1. The lowest BCUT2D eigenvalue weighted by atomic mass is 9.97. The Morgan fingerprint density at radius 3 is 2.29 bits per heavy atom. The number of anilines is 1. The van der Waals surface area contributed by atoms with Crippen molar-refractivity contribution in [3.63, 3.8) is 0 Å². The van der Waals surface area contributed by atoms with Crippen LogP contribution < -0.4 is 21.1 Å². The third-order valence-corrected chi connectivity index (χ3v) is 6.33. The first-order valence-electron chi connectivity index (χ1n) is 13.6. The Balaban J connectivity index is 2.59. The number of nitrogens with one attached hydrogen (secondary N) is 2. The zero-order chi connectivity index (χ0) is 30.7. The molecule has 0 bridgehead atoms. The quantitative estimate of drug-likeness (QED) is 0.318. The van der Waals surface area contributed by atoms with Gasteiger partial charge in [-0.3, -0.25) is 14.4 Å². The Kier molecular flexibility index (Phi) is 11.9. The van der Waals surface area contributed by atoms with Crippen molar-refractivity contribution in [2.24, 2.45) is 5.73 Å². The number of ether oxygens (including phenoxy) is 2. The van der Waals surface area contributed by atoms with E-state index in [0.717, 1.165) is 5.56 Å². The molecule has 41 heavy (non-hydrogen) atoms. The van der Waals surface area contributed by atoms with Gasteiger partial charge in [-0.15, -0.1) is 0 Å². The van der Waals surface area contributed by atoms with Crippen LogP contribution >= 0.6 is 0 Å². The number of alkyl carbamates (subject to hydrolysis) is 1. The molecule has 4 amide bonds. The fraction of sp³-hybridized carbons (Fsp3) is 0.419. The van der Waals surface area contributed by atoms with E-state index in [1.807, 2.05) is 19.9 Å². The van der Waals surface area contributed by atoms with Crippen LogP contribution in [-0.4, -0.2) is 53.5 Å². The van der Waals surface area contributed by atoms with Crippen molar-refractivity contribution in [2.45, 2.75) is 77.6 Å². The lowest BCUT2D eigenvalue weighted by Gasteiger charge is -2.38. The first-order valence-corrected chi connectivity index (χ1v) is 13.6. The summed E-state index contributed by atoms with van der Waals surface area (Å²) in [6.07, 6.45) is 1.11. The second kappa shape index (κ2) is 14.9. The molecule has 0 fully saturated rings. The van der Waals surface area contributed by atoms with Crippen LogP contribution in [0.25, 0.3) is 6.08 Å². The highest BCUT2D eigenvalue weighted by Gasteiger charge is 2.38. The number of rotatable bonds is 13. The molecule has 0 saturated carbocycles. The van der Waals surface area contributed by atoms with Crippen LogP contribution in [-0.2, 0) is 19.1 Å². The van der Waals surface area contributed by atoms with Gasteiger partial charge in [-0.2, -0.15) is 0 Å². The van der Waals surface area contributed by atoms with Crippen LogP contribution in [0.4, 0.5) is 10.5 Å². The summed E-state index contributed by atoms with van der Waals surface area (Å²) in [6, 6.07) is 11.3. The standard InChI is InChI=1S/C31H42N4O6/c1-8-20(3)35(29(38)25(17-18-26(32)36)34-30(39)41-31(4,5)6)27(22-12-10-11-21(9-2)19-22)28(37)33-23-13-15-24(40-7)16-14-23/h9-16,19-20,25,27H,2,8,17-18H2,1,3-7H3,(H2,32,36)(H,33,37)(H,34,39). The summed E-state index contributed by atoms with van der Waals surface area (Å²) in [4.78, 5) is 54.1. The molecule has 2 rings (SSSR count). The van der Waals surface area contributed by atoms with Gasteiger partial charge < -0.3 is 30.7 Å². The smallest absolute Gasteiger partial charge is 0.408 e. The van der Waals surface area contributed by atoms with Gasteiger partial charge in [0.25, 0.3) is 5.91 Å². The van der Waals surface area contributed by atoms with E-state index >= 15 is 0 Å². The van der Waals surface area contributed by atoms with Crippen LogP contribution in [0.5, 0.6) is 5.75 Å². The molecular formula is C31H42N4O6. The summed E-state index contributed by atoms with van der Waals surface area (Å²) in [5.41, 5.74) is 6.39. The third kappa shape index (κ3) is 9.97. The number of hydrogen-bond acceptors (Lipinski definition) is 6. The van der Waals surface area contributed by atoms with Crippen molar-refractivity contribution in [1.82, 2.24) is 10.2 Å². The molecule has 2 aromatic carbocycles. The number of nitrogens with zero attached hydrogens (tertiary/aromatic N) is 1. The minimum atomic E-state index is -1.18. The molecule has 10 nitrogen and oxygen atoms in total. The molecule has 10 heteroatoms.